The zero-order chi connectivity index (χ0) is 18.4. The van der Waals surface area contributed by atoms with E-state index in [1.54, 1.807) is 42.5 Å². The summed E-state index contributed by atoms with van der Waals surface area (Å²) in [7, 11) is 0. The van der Waals surface area contributed by atoms with Crippen LogP contribution < -0.4 is 15.4 Å². The van der Waals surface area contributed by atoms with E-state index in [0.717, 1.165) is 4.47 Å². The maximum atomic E-state index is 11.9. The lowest BCUT2D eigenvalue weighted by Crippen LogP contribution is -2.37. The Bertz CT molecular complexity index is 812. The van der Waals surface area contributed by atoms with Gasteiger partial charge in [0.15, 0.2) is 17.5 Å². The van der Waals surface area contributed by atoms with E-state index in [9.17, 15) is 9.59 Å². The number of hydrogen-bond donors (Lipinski definition) is 2. The molecule has 0 atom stereocenters. The number of halogens is 2. The van der Waals surface area contributed by atoms with Crippen LogP contribution in [0.4, 0.5) is 5.69 Å². The van der Waals surface area contributed by atoms with Gasteiger partial charge in [-0.1, -0.05) is 27.5 Å². The summed E-state index contributed by atoms with van der Waals surface area (Å²) in [4.78, 5) is 23.1. The Morgan fingerprint density at radius 1 is 1.20 bits per heavy atom. The highest BCUT2D eigenvalue weighted by Gasteiger charge is 2.08. The fourth-order valence-electron chi connectivity index (χ4n) is 1.85. The summed E-state index contributed by atoms with van der Waals surface area (Å²) >= 11 is 14.4. The number of ketones is 1. The first-order valence-electron chi connectivity index (χ1n) is 7.15. The van der Waals surface area contributed by atoms with Crippen LogP contribution in [0.5, 0.6) is 5.75 Å². The fraction of sp³-hybridized carbons (Fsp3) is 0.118. The summed E-state index contributed by atoms with van der Waals surface area (Å²) in [5.41, 5.74) is 1.26. The highest BCUT2D eigenvalue weighted by atomic mass is 79.9. The fourth-order valence-corrected chi connectivity index (χ4v) is 2.81. The first-order valence-corrected chi connectivity index (χ1v) is 8.73. The van der Waals surface area contributed by atoms with Crippen LogP contribution in [-0.4, -0.2) is 23.4 Å². The Kier molecular flexibility index (Phi) is 6.92. The van der Waals surface area contributed by atoms with Crippen LogP contribution in [0.15, 0.2) is 46.9 Å². The summed E-state index contributed by atoms with van der Waals surface area (Å²) < 4.78 is 6.17. The Morgan fingerprint density at radius 3 is 2.48 bits per heavy atom. The molecule has 0 aliphatic carbocycles. The molecule has 8 heteroatoms. The predicted molar refractivity (Wildman–Crippen MR) is 105 cm³/mol. The number of nitrogens with one attached hydrogen (secondary N) is 2. The van der Waals surface area contributed by atoms with Crippen molar-refractivity contribution in [2.75, 3.05) is 11.9 Å². The maximum Gasteiger partial charge on any atom is 0.264 e. The number of carbonyl (C=O) groups excluding carboxylic acids is 2. The average Bonchev–Trinajstić information content (AvgIpc) is 2.54. The number of Topliss-reactive ketones (excluding diaryl/α,β-unsaturated/α-hetero) is 1. The Morgan fingerprint density at radius 2 is 1.88 bits per heavy atom. The zero-order valence-corrected chi connectivity index (χ0v) is 16.3. The highest BCUT2D eigenvalue weighted by molar-refractivity contribution is 9.10. The molecule has 0 spiro atoms. The van der Waals surface area contributed by atoms with Crippen LogP contribution in [0.1, 0.15) is 17.3 Å². The van der Waals surface area contributed by atoms with Crippen LogP contribution in [0, 0.1) is 0 Å². The normalized spacial score (nSPS) is 10.0. The second kappa shape index (κ2) is 8.94. The molecule has 0 unspecified atom stereocenters. The molecule has 0 aliphatic heterocycles. The molecule has 2 aromatic rings. The van der Waals surface area contributed by atoms with Crippen molar-refractivity contribution >= 4 is 62.2 Å². The minimum atomic E-state index is -0.420. The molecule has 0 saturated heterocycles. The van der Waals surface area contributed by atoms with E-state index in [1.807, 2.05) is 0 Å². The van der Waals surface area contributed by atoms with E-state index >= 15 is 0 Å². The Balaban J connectivity index is 1.83. The second-order valence-electron chi connectivity index (χ2n) is 5.00. The average molecular weight is 442 g/mol. The molecule has 25 heavy (non-hydrogen) atoms. The molecule has 0 fully saturated rings. The van der Waals surface area contributed by atoms with E-state index in [-0.39, 0.29) is 17.5 Å². The lowest BCUT2D eigenvalue weighted by atomic mass is 10.1. The smallest absolute Gasteiger partial charge is 0.264 e. The van der Waals surface area contributed by atoms with Gasteiger partial charge in [-0.25, -0.2) is 0 Å². The summed E-state index contributed by atoms with van der Waals surface area (Å²) in [5.74, 6) is -0.0401. The third-order valence-corrected chi connectivity index (χ3v) is 4.05. The van der Waals surface area contributed by atoms with E-state index in [0.29, 0.717) is 22.0 Å². The van der Waals surface area contributed by atoms with Gasteiger partial charge in [-0.3, -0.25) is 14.9 Å². The number of carbonyl (C=O) groups is 2. The van der Waals surface area contributed by atoms with Crippen molar-refractivity contribution in [3.63, 3.8) is 0 Å². The molecule has 2 aromatic carbocycles. The molecule has 0 heterocycles. The Labute approximate surface area is 163 Å². The lowest BCUT2D eigenvalue weighted by Gasteiger charge is -2.11. The summed E-state index contributed by atoms with van der Waals surface area (Å²) in [5, 5.41) is 5.89. The predicted octanol–water partition coefficient (Wildman–Crippen LogP) is 4.20. The standard InChI is InChI=1S/C17H14BrClN2O3S/c1-10(22)11-2-5-13(6-3-11)20-17(25)21-16(23)9-24-15-7-4-12(18)8-14(15)19/h2-8H,9H2,1H3,(H2,20,21,23,25). The van der Waals surface area contributed by atoms with Gasteiger partial charge in [0.1, 0.15) is 5.75 Å². The molecule has 5 nitrogen and oxygen atoms in total. The molecular formula is C17H14BrClN2O3S. The van der Waals surface area contributed by atoms with Crippen molar-refractivity contribution in [3.8, 4) is 5.75 Å². The number of rotatable bonds is 5. The second-order valence-corrected chi connectivity index (χ2v) is 6.73. The summed E-state index contributed by atoms with van der Waals surface area (Å²) in [6.45, 7) is 1.26. The molecule has 0 aliphatic rings. The van der Waals surface area contributed by atoms with E-state index in [1.165, 1.54) is 6.92 Å². The van der Waals surface area contributed by atoms with E-state index < -0.39 is 5.91 Å². The molecule has 2 N–H and O–H groups in total. The van der Waals surface area contributed by atoms with Gasteiger partial charge in [0.2, 0.25) is 0 Å². The minimum absolute atomic E-state index is 0.0221. The number of benzene rings is 2. The number of hydrogen-bond acceptors (Lipinski definition) is 4. The monoisotopic (exact) mass is 440 g/mol. The third kappa shape index (κ3) is 6.12. The molecule has 0 radical (unpaired) electrons. The van der Waals surface area contributed by atoms with Crippen LogP contribution in [0.2, 0.25) is 5.02 Å². The van der Waals surface area contributed by atoms with Crippen molar-refractivity contribution in [2.24, 2.45) is 0 Å². The SMILES string of the molecule is CC(=O)c1ccc(NC(=S)NC(=O)COc2ccc(Br)cc2Cl)cc1. The minimum Gasteiger partial charge on any atom is -0.482 e. The largest absolute Gasteiger partial charge is 0.482 e. The molecule has 130 valence electrons. The van der Waals surface area contributed by atoms with Gasteiger partial charge in [0.05, 0.1) is 5.02 Å². The van der Waals surface area contributed by atoms with Crippen molar-refractivity contribution in [3.05, 3.63) is 57.5 Å². The number of amides is 1. The van der Waals surface area contributed by atoms with Gasteiger partial charge >= 0.3 is 0 Å². The van der Waals surface area contributed by atoms with Gasteiger partial charge in [-0.05, 0) is 61.6 Å². The van der Waals surface area contributed by atoms with Crippen molar-refractivity contribution in [2.45, 2.75) is 6.92 Å². The molecular weight excluding hydrogens is 428 g/mol. The number of ether oxygens (including phenoxy) is 1. The molecule has 1 amide bonds. The van der Waals surface area contributed by atoms with Crippen molar-refractivity contribution < 1.29 is 14.3 Å². The van der Waals surface area contributed by atoms with Crippen molar-refractivity contribution in [1.29, 1.82) is 0 Å². The lowest BCUT2D eigenvalue weighted by molar-refractivity contribution is -0.121. The summed E-state index contributed by atoms with van der Waals surface area (Å²) in [6.07, 6.45) is 0. The van der Waals surface area contributed by atoms with Gasteiger partial charge in [0.25, 0.3) is 5.91 Å². The van der Waals surface area contributed by atoms with Crippen LogP contribution in [0.3, 0.4) is 0 Å². The van der Waals surface area contributed by atoms with Crippen LogP contribution in [0.25, 0.3) is 0 Å². The van der Waals surface area contributed by atoms with Gasteiger partial charge in [-0.2, -0.15) is 0 Å². The highest BCUT2D eigenvalue weighted by Crippen LogP contribution is 2.27. The molecule has 0 aromatic heterocycles. The van der Waals surface area contributed by atoms with Gasteiger partial charge < -0.3 is 10.1 Å². The maximum absolute atomic E-state index is 11.9. The van der Waals surface area contributed by atoms with Crippen LogP contribution in [-0.2, 0) is 4.79 Å². The molecule has 0 bridgehead atoms. The van der Waals surface area contributed by atoms with Crippen LogP contribution >= 0.6 is 39.7 Å². The van der Waals surface area contributed by atoms with E-state index in [4.69, 9.17) is 28.6 Å². The zero-order valence-electron chi connectivity index (χ0n) is 13.1. The quantitative estimate of drug-likeness (QED) is 0.538. The molecule has 0 saturated carbocycles. The third-order valence-electron chi connectivity index (χ3n) is 3.05. The topological polar surface area (TPSA) is 67.4 Å². The first-order chi connectivity index (χ1) is 11.8. The number of thiocarbonyl (C=S) groups is 1. The first kappa shape index (κ1) is 19.4. The number of anilines is 1. The summed E-state index contributed by atoms with van der Waals surface area (Å²) in [6, 6.07) is 11.8. The Hall–Kier alpha value is -1.96. The van der Waals surface area contributed by atoms with Gasteiger partial charge in [-0.15, -0.1) is 0 Å². The molecule has 2 rings (SSSR count). The van der Waals surface area contributed by atoms with Gasteiger partial charge in [0, 0.05) is 15.7 Å². The van der Waals surface area contributed by atoms with E-state index in [2.05, 4.69) is 26.6 Å². The van der Waals surface area contributed by atoms with Crippen molar-refractivity contribution in [1.82, 2.24) is 5.32 Å².